The average molecular weight is 334 g/mol. The smallest absolute Gasteiger partial charge is 0.408 e. The molecule has 8 nitrogen and oxygen atoms in total. The first-order valence-electron chi connectivity index (χ1n) is 7.96. The molecule has 0 aromatic rings. The Labute approximate surface area is 137 Å². The van der Waals surface area contributed by atoms with Crippen LogP contribution in [0.15, 0.2) is 0 Å². The zero-order valence-corrected chi connectivity index (χ0v) is 14.2. The first-order valence-corrected chi connectivity index (χ1v) is 7.96. The zero-order valence-electron chi connectivity index (χ0n) is 14.2. The van der Waals surface area contributed by atoms with Crippen LogP contribution in [0.4, 0.5) is 4.79 Å². The number of nitrogens with one attached hydrogen (secondary N) is 1. The fourth-order valence-electron chi connectivity index (χ4n) is 2.07. The van der Waals surface area contributed by atoms with Gasteiger partial charge >= 0.3 is 6.09 Å². The van der Waals surface area contributed by atoms with Crippen molar-refractivity contribution in [1.82, 2.24) is 5.32 Å². The van der Waals surface area contributed by atoms with Gasteiger partial charge in [-0.05, 0) is 33.6 Å². The van der Waals surface area contributed by atoms with Crippen molar-refractivity contribution in [3.8, 4) is 0 Å². The van der Waals surface area contributed by atoms with E-state index < -0.39 is 17.8 Å². The highest BCUT2D eigenvalue weighted by Gasteiger charge is 2.27. The third kappa shape index (κ3) is 8.47. The maximum Gasteiger partial charge on any atom is 0.408 e. The molecule has 0 saturated carbocycles. The van der Waals surface area contributed by atoms with Crippen LogP contribution in [0.3, 0.4) is 0 Å². The minimum atomic E-state index is -0.550. The SMILES string of the molecule is CC(C)(C)OC(=O)N[C@@H]1COCC[C@H]1O.N[C@@H]1COCC[C@H]1O. The molecule has 5 N–H and O–H groups in total. The van der Waals surface area contributed by atoms with Crippen LogP contribution in [0.5, 0.6) is 0 Å². The summed E-state index contributed by atoms with van der Waals surface area (Å²) in [5.41, 5.74) is 4.88. The van der Waals surface area contributed by atoms with Gasteiger partial charge < -0.3 is 35.5 Å². The second-order valence-electron chi connectivity index (χ2n) is 6.78. The first kappa shape index (κ1) is 20.1. The molecule has 2 heterocycles. The lowest BCUT2D eigenvalue weighted by Crippen LogP contribution is -2.50. The van der Waals surface area contributed by atoms with Gasteiger partial charge in [0.15, 0.2) is 0 Å². The minimum absolute atomic E-state index is 0.163. The van der Waals surface area contributed by atoms with Crippen molar-refractivity contribution < 1.29 is 29.2 Å². The molecule has 0 bridgehead atoms. The maximum absolute atomic E-state index is 11.4. The lowest BCUT2D eigenvalue weighted by atomic mass is 10.1. The van der Waals surface area contributed by atoms with Crippen molar-refractivity contribution in [2.24, 2.45) is 5.73 Å². The van der Waals surface area contributed by atoms with Crippen LogP contribution in [-0.4, -0.2) is 72.6 Å². The molecule has 0 aromatic carbocycles. The predicted molar refractivity (Wildman–Crippen MR) is 84.0 cm³/mol. The van der Waals surface area contributed by atoms with Crippen LogP contribution >= 0.6 is 0 Å². The number of aliphatic hydroxyl groups is 2. The molecule has 0 aromatic heterocycles. The molecule has 8 heteroatoms. The summed E-state index contributed by atoms with van der Waals surface area (Å²) in [6.45, 7) is 7.39. The quantitative estimate of drug-likeness (QED) is 0.521. The van der Waals surface area contributed by atoms with E-state index in [2.05, 4.69) is 5.32 Å². The zero-order chi connectivity index (χ0) is 17.5. The summed E-state index contributed by atoms with van der Waals surface area (Å²) in [5, 5.41) is 21.1. The van der Waals surface area contributed by atoms with E-state index in [-0.39, 0.29) is 18.2 Å². The molecule has 2 aliphatic heterocycles. The molecule has 2 fully saturated rings. The van der Waals surface area contributed by atoms with E-state index in [1.165, 1.54) is 0 Å². The van der Waals surface area contributed by atoms with Crippen molar-refractivity contribution in [1.29, 1.82) is 0 Å². The molecule has 0 spiro atoms. The second kappa shape index (κ2) is 9.39. The highest BCUT2D eigenvalue weighted by Crippen LogP contribution is 2.10. The van der Waals surface area contributed by atoms with Crippen molar-refractivity contribution in [3.05, 3.63) is 0 Å². The molecule has 0 aliphatic carbocycles. The van der Waals surface area contributed by atoms with Gasteiger partial charge in [0.1, 0.15) is 5.60 Å². The Hall–Kier alpha value is -0.930. The Morgan fingerprint density at radius 1 is 1.13 bits per heavy atom. The third-order valence-electron chi connectivity index (χ3n) is 3.38. The molecule has 2 rings (SSSR count). The van der Waals surface area contributed by atoms with Gasteiger partial charge in [-0.1, -0.05) is 0 Å². The molecule has 0 unspecified atom stereocenters. The topological polar surface area (TPSA) is 123 Å². The normalized spacial score (nSPS) is 31.6. The Bertz CT molecular complexity index is 350. The molecule has 0 radical (unpaired) electrons. The number of carbonyl (C=O) groups is 1. The molecular weight excluding hydrogens is 304 g/mol. The molecule has 23 heavy (non-hydrogen) atoms. The van der Waals surface area contributed by atoms with Gasteiger partial charge in [-0.15, -0.1) is 0 Å². The van der Waals surface area contributed by atoms with Gasteiger partial charge in [0.05, 0.1) is 37.5 Å². The van der Waals surface area contributed by atoms with Gasteiger partial charge in [-0.3, -0.25) is 0 Å². The third-order valence-corrected chi connectivity index (χ3v) is 3.38. The summed E-state index contributed by atoms with van der Waals surface area (Å²) < 4.78 is 15.2. The van der Waals surface area contributed by atoms with Crippen LogP contribution in [-0.2, 0) is 14.2 Å². The summed E-state index contributed by atoms with van der Waals surface area (Å²) in [4.78, 5) is 11.4. The molecular formula is C15H30N2O6. The van der Waals surface area contributed by atoms with Crippen molar-refractivity contribution in [2.45, 2.75) is 63.5 Å². The molecule has 2 aliphatic rings. The molecule has 1 amide bonds. The fraction of sp³-hybridized carbons (Fsp3) is 0.933. The predicted octanol–water partition coefficient (Wildman–Crippen LogP) is -0.244. The van der Waals surface area contributed by atoms with Crippen LogP contribution in [0, 0.1) is 0 Å². The fourth-order valence-corrected chi connectivity index (χ4v) is 2.07. The molecule has 4 atom stereocenters. The van der Waals surface area contributed by atoms with E-state index in [1.54, 1.807) is 20.8 Å². The first-order chi connectivity index (χ1) is 10.7. The van der Waals surface area contributed by atoms with E-state index in [1.807, 2.05) is 0 Å². The van der Waals surface area contributed by atoms with Crippen LogP contribution in [0.25, 0.3) is 0 Å². The lowest BCUT2D eigenvalue weighted by molar-refractivity contribution is -0.0211. The van der Waals surface area contributed by atoms with E-state index in [9.17, 15) is 9.90 Å². The second-order valence-corrected chi connectivity index (χ2v) is 6.78. The van der Waals surface area contributed by atoms with Crippen LogP contribution < -0.4 is 11.1 Å². The number of amides is 1. The van der Waals surface area contributed by atoms with Crippen LogP contribution in [0.1, 0.15) is 33.6 Å². The number of aliphatic hydroxyl groups excluding tert-OH is 2. The standard InChI is InChI=1S/C10H19NO4.C5H11NO2/c1-10(2,3)15-9(13)11-7-6-14-5-4-8(7)12;6-4-3-8-2-1-5(4)7/h7-8,12H,4-6H2,1-3H3,(H,11,13);4-5,7H,1-3,6H2/t7-,8-;4-,5-/m11/s1. The number of hydrogen-bond donors (Lipinski definition) is 4. The highest BCUT2D eigenvalue weighted by molar-refractivity contribution is 5.68. The van der Waals surface area contributed by atoms with E-state index in [4.69, 9.17) is 25.1 Å². The lowest BCUT2D eigenvalue weighted by Gasteiger charge is -2.29. The monoisotopic (exact) mass is 334 g/mol. The van der Waals surface area contributed by atoms with Gasteiger partial charge in [0.25, 0.3) is 0 Å². The summed E-state index contributed by atoms with van der Waals surface area (Å²) >= 11 is 0. The van der Waals surface area contributed by atoms with Crippen molar-refractivity contribution >= 4 is 6.09 Å². The van der Waals surface area contributed by atoms with E-state index >= 15 is 0 Å². The minimum Gasteiger partial charge on any atom is -0.444 e. The number of hydrogen-bond acceptors (Lipinski definition) is 7. The van der Waals surface area contributed by atoms with Gasteiger partial charge in [-0.25, -0.2) is 4.79 Å². The van der Waals surface area contributed by atoms with Crippen molar-refractivity contribution in [2.75, 3.05) is 26.4 Å². The Kier molecular flexibility index (Phi) is 8.21. The van der Waals surface area contributed by atoms with Gasteiger partial charge in [0.2, 0.25) is 0 Å². The largest absolute Gasteiger partial charge is 0.444 e. The Balaban J connectivity index is 0.000000277. The molecule has 136 valence electrons. The van der Waals surface area contributed by atoms with E-state index in [0.717, 1.165) is 0 Å². The number of ether oxygens (including phenoxy) is 3. The molecule has 2 saturated heterocycles. The Morgan fingerprint density at radius 3 is 2.13 bits per heavy atom. The Morgan fingerprint density at radius 2 is 1.70 bits per heavy atom. The number of nitrogens with two attached hydrogens (primary N) is 1. The summed E-state index contributed by atoms with van der Waals surface area (Å²) in [6.07, 6.45) is -0.186. The maximum atomic E-state index is 11.4. The van der Waals surface area contributed by atoms with Gasteiger partial charge in [-0.2, -0.15) is 0 Å². The summed E-state index contributed by atoms with van der Waals surface area (Å²) in [5.74, 6) is 0. The van der Waals surface area contributed by atoms with Crippen molar-refractivity contribution in [3.63, 3.8) is 0 Å². The van der Waals surface area contributed by atoms with Gasteiger partial charge in [0, 0.05) is 13.2 Å². The summed E-state index contributed by atoms with van der Waals surface area (Å²) in [7, 11) is 0. The van der Waals surface area contributed by atoms with Crippen LogP contribution in [0.2, 0.25) is 0 Å². The number of carbonyl (C=O) groups excluding carboxylic acids is 1. The number of alkyl carbamates (subject to hydrolysis) is 1. The summed E-state index contributed by atoms with van der Waals surface area (Å²) in [6, 6.07) is -0.530. The van der Waals surface area contributed by atoms with E-state index in [0.29, 0.717) is 39.3 Å². The number of rotatable bonds is 1. The highest BCUT2D eigenvalue weighted by atomic mass is 16.6. The average Bonchev–Trinajstić information content (AvgIpc) is 2.43.